The highest BCUT2D eigenvalue weighted by Gasteiger charge is 2.45. The Kier molecular flexibility index (Phi) is 5.46. The second-order valence-electron chi connectivity index (χ2n) is 6.35. The van der Waals surface area contributed by atoms with Crippen LogP contribution < -0.4 is 0 Å². The van der Waals surface area contributed by atoms with E-state index in [1.54, 1.807) is 24.3 Å². The summed E-state index contributed by atoms with van der Waals surface area (Å²) in [6.07, 6.45) is 0.634. The van der Waals surface area contributed by atoms with E-state index in [4.69, 9.17) is 11.6 Å². The van der Waals surface area contributed by atoms with E-state index in [0.717, 1.165) is 0 Å². The first-order valence-electron chi connectivity index (χ1n) is 8.63. The average Bonchev–Trinajstić information content (AvgIpc) is 2.93. The number of hydrogen-bond donors (Lipinski definition) is 1. The zero-order valence-electron chi connectivity index (χ0n) is 15.0. The smallest absolute Gasteiger partial charge is 0.295 e. The lowest BCUT2D eigenvalue weighted by molar-refractivity contribution is -0.384. The Balaban J connectivity index is 2.14. The van der Waals surface area contributed by atoms with Crippen molar-refractivity contribution in [2.24, 2.45) is 0 Å². The Morgan fingerprint density at radius 1 is 1.14 bits per heavy atom. The van der Waals surface area contributed by atoms with E-state index in [2.05, 4.69) is 0 Å². The highest BCUT2D eigenvalue weighted by atomic mass is 35.5. The molecule has 0 radical (unpaired) electrons. The molecule has 0 bridgehead atoms. The summed E-state index contributed by atoms with van der Waals surface area (Å²) in [5.41, 5.74) is 0.673. The number of carbonyl (C=O) groups is 2. The van der Waals surface area contributed by atoms with Crippen LogP contribution in [0.5, 0.6) is 0 Å². The van der Waals surface area contributed by atoms with Crippen LogP contribution in [0.25, 0.3) is 5.76 Å². The van der Waals surface area contributed by atoms with Crippen molar-refractivity contribution in [3.05, 3.63) is 80.4 Å². The highest BCUT2D eigenvalue weighted by Crippen LogP contribution is 2.39. The minimum absolute atomic E-state index is 0.0466. The van der Waals surface area contributed by atoms with Crippen LogP contribution in [-0.4, -0.2) is 33.2 Å². The molecule has 7 nitrogen and oxygen atoms in total. The zero-order chi connectivity index (χ0) is 20.4. The summed E-state index contributed by atoms with van der Waals surface area (Å²) >= 11 is 5.94. The van der Waals surface area contributed by atoms with Crippen molar-refractivity contribution < 1.29 is 19.6 Å². The third-order valence-electron chi connectivity index (χ3n) is 4.54. The van der Waals surface area contributed by atoms with Crippen LogP contribution in [0, 0.1) is 10.1 Å². The SMILES string of the molecule is CCCN1C(=O)C(=O)/C(=C(\O)c2ccc([N+](=O)[O-])cc2)C1c1ccc(Cl)cc1. The second kappa shape index (κ2) is 7.82. The van der Waals surface area contributed by atoms with E-state index >= 15 is 0 Å². The Labute approximate surface area is 166 Å². The molecule has 3 rings (SSSR count). The molecule has 0 saturated carbocycles. The number of nitrogens with zero attached hydrogens (tertiary/aromatic N) is 2. The van der Waals surface area contributed by atoms with Crippen LogP contribution in [0.4, 0.5) is 5.69 Å². The number of aliphatic hydroxyl groups is 1. The first kappa shape index (κ1) is 19.6. The van der Waals surface area contributed by atoms with Crippen molar-refractivity contribution >= 4 is 34.7 Å². The van der Waals surface area contributed by atoms with Gasteiger partial charge in [-0.15, -0.1) is 0 Å². The number of nitro groups is 1. The van der Waals surface area contributed by atoms with Gasteiger partial charge in [0.2, 0.25) is 0 Å². The molecule has 2 aromatic rings. The summed E-state index contributed by atoms with van der Waals surface area (Å²) in [6.45, 7) is 2.23. The van der Waals surface area contributed by atoms with Crippen molar-refractivity contribution in [2.75, 3.05) is 6.54 Å². The molecule has 0 aliphatic carbocycles. The highest BCUT2D eigenvalue weighted by molar-refractivity contribution is 6.46. The Bertz CT molecular complexity index is 967. The number of amides is 1. The molecule has 1 amide bonds. The maximum absolute atomic E-state index is 12.7. The van der Waals surface area contributed by atoms with Gasteiger partial charge in [0.25, 0.3) is 17.4 Å². The van der Waals surface area contributed by atoms with Crippen LogP contribution >= 0.6 is 11.6 Å². The van der Waals surface area contributed by atoms with Crippen LogP contribution in [0.3, 0.4) is 0 Å². The number of rotatable bonds is 5. The quantitative estimate of drug-likeness (QED) is 0.268. The summed E-state index contributed by atoms with van der Waals surface area (Å²) < 4.78 is 0. The Morgan fingerprint density at radius 3 is 2.29 bits per heavy atom. The van der Waals surface area contributed by atoms with E-state index in [9.17, 15) is 24.8 Å². The summed E-state index contributed by atoms with van der Waals surface area (Å²) in [5, 5.41) is 22.1. The van der Waals surface area contributed by atoms with Gasteiger partial charge in [-0.3, -0.25) is 19.7 Å². The monoisotopic (exact) mass is 400 g/mol. The maximum Gasteiger partial charge on any atom is 0.295 e. The van der Waals surface area contributed by atoms with Crippen LogP contribution in [-0.2, 0) is 9.59 Å². The van der Waals surface area contributed by atoms with E-state index in [1.165, 1.54) is 29.2 Å². The third-order valence-corrected chi connectivity index (χ3v) is 4.79. The van der Waals surface area contributed by atoms with E-state index in [1.807, 2.05) is 6.92 Å². The lowest BCUT2D eigenvalue weighted by atomic mass is 9.95. The molecule has 28 heavy (non-hydrogen) atoms. The maximum atomic E-state index is 12.7. The number of Topliss-reactive ketones (excluding diaryl/α,β-unsaturated/α-hetero) is 1. The van der Waals surface area contributed by atoms with Crippen molar-refractivity contribution in [2.45, 2.75) is 19.4 Å². The molecule has 1 aliphatic heterocycles. The number of halogens is 1. The molecule has 2 aromatic carbocycles. The predicted molar refractivity (Wildman–Crippen MR) is 104 cm³/mol. The second-order valence-corrected chi connectivity index (χ2v) is 6.78. The van der Waals surface area contributed by atoms with Crippen molar-refractivity contribution in [3.63, 3.8) is 0 Å². The van der Waals surface area contributed by atoms with Crippen molar-refractivity contribution in [1.29, 1.82) is 0 Å². The fourth-order valence-electron chi connectivity index (χ4n) is 3.24. The number of hydrogen-bond acceptors (Lipinski definition) is 5. The summed E-state index contributed by atoms with van der Waals surface area (Å²) in [5.74, 6) is -1.85. The van der Waals surface area contributed by atoms with E-state index < -0.39 is 22.7 Å². The molecular weight excluding hydrogens is 384 g/mol. The topological polar surface area (TPSA) is 101 Å². The molecule has 1 atom stereocenters. The van der Waals surface area contributed by atoms with Crippen molar-refractivity contribution in [3.8, 4) is 0 Å². The fraction of sp³-hybridized carbons (Fsp3) is 0.200. The normalized spacial score (nSPS) is 18.5. The van der Waals surface area contributed by atoms with Crippen LogP contribution in [0.1, 0.15) is 30.5 Å². The number of non-ortho nitro benzene ring substituents is 1. The zero-order valence-corrected chi connectivity index (χ0v) is 15.7. The average molecular weight is 401 g/mol. The fourth-order valence-corrected chi connectivity index (χ4v) is 3.37. The van der Waals surface area contributed by atoms with Gasteiger partial charge in [-0.1, -0.05) is 30.7 Å². The van der Waals surface area contributed by atoms with Gasteiger partial charge in [-0.05, 0) is 36.2 Å². The van der Waals surface area contributed by atoms with Crippen LogP contribution in [0.15, 0.2) is 54.1 Å². The Hall–Kier alpha value is -3.19. The third kappa shape index (κ3) is 3.48. The number of nitro benzene ring substituents is 1. The predicted octanol–water partition coefficient (Wildman–Crippen LogP) is 4.08. The van der Waals surface area contributed by atoms with Gasteiger partial charge >= 0.3 is 0 Å². The van der Waals surface area contributed by atoms with Crippen LogP contribution in [0.2, 0.25) is 5.02 Å². The molecule has 0 spiro atoms. The first-order chi connectivity index (χ1) is 13.3. The standard InChI is InChI=1S/C20H17ClN2O5/c1-2-11-22-17(12-3-7-14(21)8-4-12)16(19(25)20(22)26)18(24)13-5-9-15(10-6-13)23(27)28/h3-10,17,24H,2,11H2,1H3/b18-16-. The summed E-state index contributed by atoms with van der Waals surface area (Å²) in [4.78, 5) is 36.9. The number of likely N-dealkylation sites (tertiary alicyclic amines) is 1. The van der Waals surface area contributed by atoms with Gasteiger partial charge in [0.1, 0.15) is 5.76 Å². The molecule has 1 saturated heterocycles. The lowest BCUT2D eigenvalue weighted by Gasteiger charge is -2.24. The first-order valence-corrected chi connectivity index (χ1v) is 9.01. The largest absolute Gasteiger partial charge is 0.507 e. The van der Waals surface area contributed by atoms with Gasteiger partial charge in [0.05, 0.1) is 16.5 Å². The Morgan fingerprint density at radius 2 is 1.75 bits per heavy atom. The molecule has 1 heterocycles. The number of benzene rings is 2. The van der Waals surface area contributed by atoms with Gasteiger partial charge in [-0.25, -0.2) is 0 Å². The molecule has 8 heteroatoms. The number of ketones is 1. The molecule has 1 fully saturated rings. The van der Waals surface area contributed by atoms with Crippen molar-refractivity contribution in [1.82, 2.24) is 4.90 Å². The van der Waals surface area contributed by atoms with Gasteiger partial charge in [0, 0.05) is 29.3 Å². The summed E-state index contributed by atoms with van der Waals surface area (Å²) in [6, 6.07) is 11.1. The molecule has 144 valence electrons. The van der Waals surface area contributed by atoms with Gasteiger partial charge < -0.3 is 10.0 Å². The van der Waals surface area contributed by atoms with E-state index in [0.29, 0.717) is 23.6 Å². The minimum Gasteiger partial charge on any atom is -0.507 e. The lowest BCUT2D eigenvalue weighted by Crippen LogP contribution is -2.30. The minimum atomic E-state index is -0.788. The summed E-state index contributed by atoms with van der Waals surface area (Å²) in [7, 11) is 0. The van der Waals surface area contributed by atoms with Gasteiger partial charge in [0.15, 0.2) is 0 Å². The number of carbonyl (C=O) groups excluding carboxylic acids is 2. The molecular formula is C20H17ClN2O5. The molecule has 1 aliphatic rings. The van der Waals surface area contributed by atoms with Gasteiger partial charge in [-0.2, -0.15) is 0 Å². The molecule has 0 aromatic heterocycles. The van der Waals surface area contributed by atoms with E-state index in [-0.39, 0.29) is 22.6 Å². The molecule has 1 unspecified atom stereocenters. The molecule has 1 N–H and O–H groups in total. The number of aliphatic hydroxyl groups excluding tert-OH is 1.